The number of benzene rings is 2. The number of carbonyl (C=O) groups is 1. The van der Waals surface area contributed by atoms with Gasteiger partial charge in [0.05, 0.1) is 28.4 Å². The first-order chi connectivity index (χ1) is 15.1. The van der Waals surface area contributed by atoms with Crippen LogP contribution >= 0.6 is 11.3 Å². The van der Waals surface area contributed by atoms with Crippen LogP contribution in [0.2, 0.25) is 0 Å². The van der Waals surface area contributed by atoms with Gasteiger partial charge >= 0.3 is 0 Å². The van der Waals surface area contributed by atoms with E-state index in [0.29, 0.717) is 43.2 Å². The maximum atomic E-state index is 13.0. The molecule has 3 aromatic rings. The average molecular weight is 444 g/mol. The molecule has 164 valence electrons. The van der Waals surface area contributed by atoms with Crippen molar-refractivity contribution in [1.82, 2.24) is 9.88 Å². The van der Waals surface area contributed by atoms with Crippen LogP contribution in [-0.4, -0.2) is 70.4 Å². The highest BCUT2D eigenvalue weighted by molar-refractivity contribution is 7.22. The van der Waals surface area contributed by atoms with E-state index in [2.05, 4.69) is 4.90 Å². The predicted octanol–water partition coefficient (Wildman–Crippen LogP) is 3.29. The molecule has 4 rings (SSSR count). The number of carbonyl (C=O) groups excluding carboxylic acids is 1. The van der Waals surface area contributed by atoms with Crippen molar-refractivity contribution in [3.05, 3.63) is 35.9 Å². The minimum Gasteiger partial charge on any atom is -0.495 e. The maximum Gasteiger partial charge on any atom is 0.254 e. The Kier molecular flexibility index (Phi) is 6.03. The van der Waals surface area contributed by atoms with E-state index in [1.54, 1.807) is 58.0 Å². The third-order valence-electron chi connectivity index (χ3n) is 5.37. The van der Waals surface area contributed by atoms with Crippen LogP contribution < -0.4 is 23.8 Å². The largest absolute Gasteiger partial charge is 0.495 e. The quantitative estimate of drug-likeness (QED) is 0.579. The average Bonchev–Trinajstić information content (AvgIpc) is 3.28. The summed E-state index contributed by atoms with van der Waals surface area (Å²) in [5, 5.41) is 0.899. The number of methoxy groups -OCH3 is 4. The zero-order chi connectivity index (χ0) is 22.0. The number of rotatable bonds is 6. The summed E-state index contributed by atoms with van der Waals surface area (Å²) in [6.07, 6.45) is 0. The van der Waals surface area contributed by atoms with Crippen LogP contribution in [0.15, 0.2) is 30.3 Å². The number of thiazole rings is 1. The number of fused-ring (bicyclic) bond motifs is 1. The van der Waals surface area contributed by atoms with Crippen LogP contribution in [0.4, 0.5) is 5.13 Å². The Morgan fingerprint density at radius 3 is 2.10 bits per heavy atom. The van der Waals surface area contributed by atoms with Crippen molar-refractivity contribution in [2.24, 2.45) is 0 Å². The molecule has 8 nitrogen and oxygen atoms in total. The monoisotopic (exact) mass is 443 g/mol. The van der Waals surface area contributed by atoms with E-state index in [1.165, 1.54) is 0 Å². The van der Waals surface area contributed by atoms with E-state index in [-0.39, 0.29) is 5.91 Å². The fourth-order valence-corrected chi connectivity index (χ4v) is 4.79. The SMILES string of the molecule is COc1ccc(C(=O)N2CCN(c3nc4c(OC)ccc(OC)c4s3)CC2)cc1OC. The molecule has 0 bridgehead atoms. The molecular weight excluding hydrogens is 418 g/mol. The first-order valence-corrected chi connectivity index (χ1v) is 10.7. The molecule has 0 N–H and O–H groups in total. The van der Waals surface area contributed by atoms with Crippen LogP contribution in [0.25, 0.3) is 10.2 Å². The Bertz CT molecular complexity index is 1050. The van der Waals surface area contributed by atoms with E-state index >= 15 is 0 Å². The fourth-order valence-electron chi connectivity index (χ4n) is 3.66. The van der Waals surface area contributed by atoms with Crippen molar-refractivity contribution in [3.8, 4) is 23.0 Å². The molecule has 0 saturated carbocycles. The zero-order valence-electron chi connectivity index (χ0n) is 18.0. The minimum absolute atomic E-state index is 0.0201. The van der Waals surface area contributed by atoms with Crippen LogP contribution in [0, 0.1) is 0 Å². The molecule has 1 fully saturated rings. The van der Waals surface area contributed by atoms with Gasteiger partial charge in [-0.25, -0.2) is 4.98 Å². The summed E-state index contributed by atoms with van der Waals surface area (Å²) in [4.78, 5) is 21.8. The van der Waals surface area contributed by atoms with E-state index in [9.17, 15) is 4.79 Å². The highest BCUT2D eigenvalue weighted by Gasteiger charge is 2.25. The molecule has 1 aromatic heterocycles. The molecule has 0 radical (unpaired) electrons. The lowest BCUT2D eigenvalue weighted by Crippen LogP contribution is -2.48. The Balaban J connectivity index is 1.49. The molecule has 0 unspecified atom stereocenters. The smallest absolute Gasteiger partial charge is 0.254 e. The van der Waals surface area contributed by atoms with Gasteiger partial charge in [0.25, 0.3) is 5.91 Å². The van der Waals surface area contributed by atoms with E-state index in [4.69, 9.17) is 23.9 Å². The van der Waals surface area contributed by atoms with Crippen molar-refractivity contribution in [1.29, 1.82) is 0 Å². The molecular formula is C22H25N3O5S. The van der Waals surface area contributed by atoms with Crippen molar-refractivity contribution in [3.63, 3.8) is 0 Å². The van der Waals surface area contributed by atoms with E-state index in [0.717, 1.165) is 26.8 Å². The van der Waals surface area contributed by atoms with Gasteiger partial charge in [0.2, 0.25) is 0 Å². The maximum absolute atomic E-state index is 13.0. The van der Waals surface area contributed by atoms with Gasteiger partial charge in [-0.1, -0.05) is 11.3 Å². The lowest BCUT2D eigenvalue weighted by molar-refractivity contribution is 0.0746. The second-order valence-electron chi connectivity index (χ2n) is 6.99. The van der Waals surface area contributed by atoms with Crippen molar-refractivity contribution >= 4 is 32.6 Å². The number of amides is 1. The summed E-state index contributed by atoms with van der Waals surface area (Å²) in [5.74, 6) is 2.63. The summed E-state index contributed by atoms with van der Waals surface area (Å²) >= 11 is 1.58. The number of anilines is 1. The van der Waals surface area contributed by atoms with Crippen LogP contribution in [0.3, 0.4) is 0 Å². The van der Waals surface area contributed by atoms with Crippen LogP contribution in [0.1, 0.15) is 10.4 Å². The molecule has 9 heteroatoms. The summed E-state index contributed by atoms with van der Waals surface area (Å²) in [6, 6.07) is 9.00. The molecule has 1 amide bonds. The Morgan fingerprint density at radius 2 is 1.45 bits per heavy atom. The van der Waals surface area contributed by atoms with Gasteiger partial charge in [-0.2, -0.15) is 0 Å². The van der Waals surface area contributed by atoms with Crippen molar-refractivity contribution in [2.45, 2.75) is 0 Å². The molecule has 0 spiro atoms. The van der Waals surface area contributed by atoms with Gasteiger partial charge in [0.15, 0.2) is 16.6 Å². The van der Waals surface area contributed by atoms with Gasteiger partial charge < -0.3 is 28.7 Å². The second-order valence-corrected chi connectivity index (χ2v) is 7.97. The summed E-state index contributed by atoms with van der Waals surface area (Å²) in [7, 11) is 6.43. The summed E-state index contributed by atoms with van der Waals surface area (Å²) in [6.45, 7) is 2.61. The molecule has 1 aliphatic heterocycles. The Hall–Kier alpha value is -3.20. The number of ether oxygens (including phenoxy) is 4. The van der Waals surface area contributed by atoms with Crippen molar-refractivity contribution in [2.75, 3.05) is 59.5 Å². The van der Waals surface area contributed by atoms with Crippen molar-refractivity contribution < 1.29 is 23.7 Å². The molecule has 1 aliphatic rings. The molecule has 1 saturated heterocycles. The lowest BCUT2D eigenvalue weighted by Gasteiger charge is -2.34. The van der Waals surface area contributed by atoms with Crippen LogP contribution in [-0.2, 0) is 0 Å². The third kappa shape index (κ3) is 3.93. The Labute approximate surface area is 184 Å². The van der Waals surface area contributed by atoms with Gasteiger partial charge in [-0.15, -0.1) is 0 Å². The highest BCUT2D eigenvalue weighted by atomic mass is 32.1. The predicted molar refractivity (Wildman–Crippen MR) is 120 cm³/mol. The Morgan fingerprint density at radius 1 is 0.839 bits per heavy atom. The number of hydrogen-bond acceptors (Lipinski definition) is 8. The third-order valence-corrected chi connectivity index (χ3v) is 6.50. The topological polar surface area (TPSA) is 73.4 Å². The number of piperazine rings is 1. The zero-order valence-corrected chi connectivity index (χ0v) is 18.8. The fraction of sp³-hybridized carbons (Fsp3) is 0.364. The summed E-state index contributed by atoms with van der Waals surface area (Å²) in [5.41, 5.74) is 1.38. The standard InChI is InChI=1S/C22H25N3O5S/c1-27-15-6-5-14(13-18(15)30-4)21(26)24-9-11-25(12-10-24)22-23-19-16(28-2)7-8-17(29-3)20(19)31-22/h5-8,13H,9-12H2,1-4H3. The van der Waals surface area contributed by atoms with Gasteiger partial charge in [0.1, 0.15) is 21.7 Å². The first kappa shape index (κ1) is 21.0. The lowest BCUT2D eigenvalue weighted by atomic mass is 10.1. The van der Waals surface area contributed by atoms with Gasteiger partial charge in [-0.05, 0) is 30.3 Å². The highest BCUT2D eigenvalue weighted by Crippen LogP contribution is 2.40. The van der Waals surface area contributed by atoms with Crippen LogP contribution in [0.5, 0.6) is 23.0 Å². The normalized spacial score (nSPS) is 13.9. The number of aromatic nitrogens is 1. The van der Waals surface area contributed by atoms with Gasteiger partial charge in [0, 0.05) is 31.7 Å². The summed E-state index contributed by atoms with van der Waals surface area (Å²) < 4.78 is 22.5. The van der Waals surface area contributed by atoms with Gasteiger partial charge in [-0.3, -0.25) is 4.79 Å². The number of hydrogen-bond donors (Lipinski definition) is 0. The minimum atomic E-state index is -0.0201. The molecule has 0 aliphatic carbocycles. The number of nitrogens with zero attached hydrogens (tertiary/aromatic N) is 3. The molecule has 0 atom stereocenters. The molecule has 31 heavy (non-hydrogen) atoms. The van der Waals surface area contributed by atoms with E-state index < -0.39 is 0 Å². The molecule has 2 aromatic carbocycles. The molecule has 2 heterocycles. The second kappa shape index (κ2) is 8.89. The van der Waals surface area contributed by atoms with E-state index in [1.807, 2.05) is 17.0 Å². The first-order valence-electron chi connectivity index (χ1n) is 9.87.